The molecule has 0 bridgehead atoms. The second-order valence-electron chi connectivity index (χ2n) is 6.02. The van der Waals surface area contributed by atoms with Gasteiger partial charge in [0.05, 0.1) is 20.3 Å². The molecule has 4 nitrogen and oxygen atoms in total. The Morgan fingerprint density at radius 3 is 2.12 bits per heavy atom. The fraction of sp³-hybridized carbons (Fsp3) is 0.400. The first-order valence-electron chi connectivity index (χ1n) is 8.24. The van der Waals surface area contributed by atoms with Crippen LogP contribution in [0.25, 0.3) is 0 Å². The first-order chi connectivity index (χ1) is 11.5. The molecular weight excluding hydrogens is 302 g/mol. The Morgan fingerprint density at radius 1 is 0.875 bits per heavy atom. The number of rotatable bonds is 8. The molecule has 2 aromatic carbocycles. The van der Waals surface area contributed by atoms with Gasteiger partial charge in [0.15, 0.2) is 0 Å². The summed E-state index contributed by atoms with van der Waals surface area (Å²) in [5, 5.41) is 3.53. The fourth-order valence-electron chi connectivity index (χ4n) is 2.52. The topological polar surface area (TPSA) is 39.7 Å². The minimum absolute atomic E-state index is 0.140. The van der Waals surface area contributed by atoms with Crippen molar-refractivity contribution in [3.05, 3.63) is 53.6 Å². The number of nitrogens with one attached hydrogen (secondary N) is 1. The van der Waals surface area contributed by atoms with Crippen molar-refractivity contribution in [2.75, 3.05) is 14.2 Å². The van der Waals surface area contributed by atoms with Crippen LogP contribution in [0.2, 0.25) is 0 Å². The highest BCUT2D eigenvalue weighted by Crippen LogP contribution is 2.29. The van der Waals surface area contributed by atoms with E-state index in [1.54, 1.807) is 14.2 Å². The van der Waals surface area contributed by atoms with Gasteiger partial charge < -0.3 is 19.5 Å². The fourth-order valence-corrected chi connectivity index (χ4v) is 2.52. The van der Waals surface area contributed by atoms with E-state index in [0.29, 0.717) is 0 Å². The molecule has 2 rings (SSSR count). The van der Waals surface area contributed by atoms with Gasteiger partial charge in [-0.25, -0.2) is 0 Å². The summed E-state index contributed by atoms with van der Waals surface area (Å²) in [6.45, 7) is 6.94. The van der Waals surface area contributed by atoms with Crippen molar-refractivity contribution >= 4 is 0 Å². The van der Waals surface area contributed by atoms with Gasteiger partial charge in [-0.15, -0.1) is 0 Å². The molecule has 2 aromatic rings. The zero-order valence-electron chi connectivity index (χ0n) is 15.1. The van der Waals surface area contributed by atoms with Gasteiger partial charge in [0.2, 0.25) is 0 Å². The van der Waals surface area contributed by atoms with E-state index in [0.717, 1.165) is 29.4 Å². The van der Waals surface area contributed by atoms with Crippen LogP contribution in [0.5, 0.6) is 17.2 Å². The third-order valence-corrected chi connectivity index (χ3v) is 3.81. The molecule has 0 spiro atoms. The molecule has 130 valence electrons. The van der Waals surface area contributed by atoms with E-state index in [9.17, 15) is 0 Å². The number of ether oxygens (including phenoxy) is 3. The smallest absolute Gasteiger partial charge is 0.123 e. The van der Waals surface area contributed by atoms with E-state index in [1.165, 1.54) is 5.56 Å². The van der Waals surface area contributed by atoms with Crippen molar-refractivity contribution in [2.24, 2.45) is 0 Å². The third kappa shape index (κ3) is 4.90. The second-order valence-corrected chi connectivity index (χ2v) is 6.02. The van der Waals surface area contributed by atoms with Crippen LogP contribution in [-0.4, -0.2) is 20.3 Å². The Hall–Kier alpha value is -2.20. The molecule has 0 aliphatic rings. The number of methoxy groups -OCH3 is 2. The maximum Gasteiger partial charge on any atom is 0.123 e. The van der Waals surface area contributed by atoms with Crippen LogP contribution in [0.3, 0.4) is 0 Å². The van der Waals surface area contributed by atoms with Crippen molar-refractivity contribution in [3.8, 4) is 17.2 Å². The van der Waals surface area contributed by atoms with Crippen LogP contribution >= 0.6 is 0 Å². The monoisotopic (exact) mass is 329 g/mol. The zero-order valence-corrected chi connectivity index (χ0v) is 15.1. The zero-order chi connectivity index (χ0) is 17.5. The first-order valence-corrected chi connectivity index (χ1v) is 8.24. The van der Waals surface area contributed by atoms with Crippen LogP contribution < -0.4 is 19.5 Å². The molecular formula is C20H27NO3. The normalized spacial score (nSPS) is 12.1. The highest BCUT2D eigenvalue weighted by atomic mass is 16.5. The molecule has 0 heterocycles. The molecule has 0 saturated carbocycles. The molecule has 0 fully saturated rings. The molecule has 1 unspecified atom stereocenters. The molecule has 0 aromatic heterocycles. The molecule has 0 aliphatic carbocycles. The summed E-state index contributed by atoms with van der Waals surface area (Å²) in [6, 6.07) is 14.2. The quantitative estimate of drug-likeness (QED) is 0.782. The summed E-state index contributed by atoms with van der Waals surface area (Å²) in [6.07, 6.45) is 0.189. The largest absolute Gasteiger partial charge is 0.497 e. The first kappa shape index (κ1) is 18.1. The lowest BCUT2D eigenvalue weighted by molar-refractivity contribution is 0.242. The van der Waals surface area contributed by atoms with Gasteiger partial charge in [-0.1, -0.05) is 12.1 Å². The van der Waals surface area contributed by atoms with Crippen LogP contribution in [0.15, 0.2) is 42.5 Å². The van der Waals surface area contributed by atoms with Gasteiger partial charge in [0, 0.05) is 18.2 Å². The Balaban J connectivity index is 2.01. The van der Waals surface area contributed by atoms with Gasteiger partial charge in [-0.2, -0.15) is 0 Å². The second kappa shape index (κ2) is 8.60. The number of benzene rings is 2. The Kier molecular flexibility index (Phi) is 6.50. The molecule has 24 heavy (non-hydrogen) atoms. The van der Waals surface area contributed by atoms with Gasteiger partial charge in [0.25, 0.3) is 0 Å². The standard InChI is InChI=1S/C20H27NO3/c1-14(2)24-17-8-6-16(7-9-17)13-21-15(3)19-12-18(22-4)10-11-20(19)23-5/h6-12,14-15,21H,13H2,1-5H3. The van der Waals surface area contributed by atoms with Gasteiger partial charge in [-0.3, -0.25) is 0 Å². The van der Waals surface area contributed by atoms with Crippen molar-refractivity contribution < 1.29 is 14.2 Å². The summed E-state index contributed by atoms with van der Waals surface area (Å²) in [5.74, 6) is 2.59. The average Bonchev–Trinajstić information content (AvgIpc) is 2.59. The minimum Gasteiger partial charge on any atom is -0.497 e. The summed E-state index contributed by atoms with van der Waals surface area (Å²) in [5.41, 5.74) is 2.29. The van der Waals surface area contributed by atoms with Gasteiger partial charge in [0.1, 0.15) is 17.2 Å². The number of hydrogen-bond acceptors (Lipinski definition) is 4. The third-order valence-electron chi connectivity index (χ3n) is 3.81. The number of hydrogen-bond donors (Lipinski definition) is 1. The highest BCUT2D eigenvalue weighted by molar-refractivity contribution is 5.42. The van der Waals surface area contributed by atoms with E-state index in [4.69, 9.17) is 14.2 Å². The SMILES string of the molecule is COc1ccc(OC)c(C(C)NCc2ccc(OC(C)C)cc2)c1. The summed E-state index contributed by atoms with van der Waals surface area (Å²) < 4.78 is 16.4. The Labute approximate surface area is 144 Å². The average molecular weight is 329 g/mol. The molecule has 0 saturated heterocycles. The maximum absolute atomic E-state index is 5.67. The lowest BCUT2D eigenvalue weighted by Crippen LogP contribution is -2.18. The predicted octanol–water partition coefficient (Wildman–Crippen LogP) is 4.34. The van der Waals surface area contributed by atoms with E-state index in [2.05, 4.69) is 24.4 Å². The van der Waals surface area contributed by atoms with Crippen molar-refractivity contribution in [3.63, 3.8) is 0 Å². The minimum atomic E-state index is 0.140. The molecule has 0 radical (unpaired) electrons. The predicted molar refractivity (Wildman–Crippen MR) is 97.0 cm³/mol. The molecule has 0 aliphatic heterocycles. The van der Waals surface area contributed by atoms with Crippen LogP contribution in [-0.2, 0) is 6.54 Å². The van der Waals surface area contributed by atoms with Crippen molar-refractivity contribution in [1.29, 1.82) is 0 Å². The lowest BCUT2D eigenvalue weighted by Gasteiger charge is -2.18. The summed E-state index contributed by atoms with van der Waals surface area (Å²) >= 11 is 0. The Bertz CT molecular complexity index is 638. The summed E-state index contributed by atoms with van der Waals surface area (Å²) in [7, 11) is 3.36. The van der Waals surface area contributed by atoms with E-state index in [-0.39, 0.29) is 12.1 Å². The van der Waals surface area contributed by atoms with Gasteiger partial charge >= 0.3 is 0 Å². The molecule has 4 heteroatoms. The lowest BCUT2D eigenvalue weighted by atomic mass is 10.1. The van der Waals surface area contributed by atoms with E-state index < -0.39 is 0 Å². The van der Waals surface area contributed by atoms with Crippen LogP contribution in [0.1, 0.15) is 37.9 Å². The summed E-state index contributed by atoms with van der Waals surface area (Å²) in [4.78, 5) is 0. The highest BCUT2D eigenvalue weighted by Gasteiger charge is 2.12. The maximum atomic E-state index is 5.67. The molecule has 0 amide bonds. The Morgan fingerprint density at radius 2 is 1.54 bits per heavy atom. The van der Waals surface area contributed by atoms with Gasteiger partial charge in [-0.05, 0) is 56.7 Å². The van der Waals surface area contributed by atoms with Crippen molar-refractivity contribution in [1.82, 2.24) is 5.32 Å². The van der Waals surface area contributed by atoms with Crippen molar-refractivity contribution in [2.45, 2.75) is 39.5 Å². The van der Waals surface area contributed by atoms with E-state index in [1.807, 2.05) is 44.2 Å². The van der Waals surface area contributed by atoms with Crippen LogP contribution in [0.4, 0.5) is 0 Å². The van der Waals surface area contributed by atoms with Crippen LogP contribution in [0, 0.1) is 0 Å². The van der Waals surface area contributed by atoms with E-state index >= 15 is 0 Å². The molecule has 1 N–H and O–H groups in total. The molecule has 1 atom stereocenters.